The van der Waals surface area contributed by atoms with Gasteiger partial charge in [-0.1, -0.05) is 6.92 Å². The molecule has 0 aliphatic heterocycles. The van der Waals surface area contributed by atoms with E-state index in [4.69, 9.17) is 10.5 Å². The SMILES string of the molecule is CCc1nn(C)cc1C(=O)NCCOC1CCC(N)CC1. The number of nitrogens with one attached hydrogen (secondary N) is 1. The van der Waals surface area contributed by atoms with Crippen LogP contribution in [0.25, 0.3) is 0 Å². The van der Waals surface area contributed by atoms with Gasteiger partial charge in [-0.25, -0.2) is 0 Å². The number of hydrogen-bond donors (Lipinski definition) is 2. The predicted molar refractivity (Wildman–Crippen MR) is 81.1 cm³/mol. The molecule has 118 valence electrons. The minimum absolute atomic E-state index is 0.0748. The summed E-state index contributed by atoms with van der Waals surface area (Å²) >= 11 is 0. The largest absolute Gasteiger partial charge is 0.376 e. The molecule has 0 aromatic carbocycles. The summed E-state index contributed by atoms with van der Waals surface area (Å²) in [5.41, 5.74) is 7.35. The zero-order chi connectivity index (χ0) is 15.2. The minimum Gasteiger partial charge on any atom is -0.376 e. The maximum Gasteiger partial charge on any atom is 0.254 e. The van der Waals surface area contributed by atoms with Crippen LogP contribution >= 0.6 is 0 Å². The normalized spacial score (nSPS) is 22.2. The molecule has 1 aromatic rings. The van der Waals surface area contributed by atoms with E-state index in [1.54, 1.807) is 10.9 Å². The minimum atomic E-state index is -0.0748. The molecule has 0 radical (unpaired) electrons. The van der Waals surface area contributed by atoms with Crippen molar-refractivity contribution in [3.63, 3.8) is 0 Å². The lowest BCUT2D eigenvalue weighted by molar-refractivity contribution is 0.0267. The summed E-state index contributed by atoms with van der Waals surface area (Å²) < 4.78 is 7.46. The number of ether oxygens (including phenoxy) is 1. The molecular formula is C15H26N4O2. The fourth-order valence-electron chi connectivity index (χ4n) is 2.73. The summed E-state index contributed by atoms with van der Waals surface area (Å²) in [6.45, 7) is 3.07. The van der Waals surface area contributed by atoms with Crippen molar-refractivity contribution in [2.75, 3.05) is 13.2 Å². The second-order valence-electron chi connectivity index (χ2n) is 5.68. The standard InChI is InChI=1S/C15H26N4O2/c1-3-14-13(10-19(2)18-14)15(20)17-8-9-21-12-6-4-11(16)5-7-12/h10-12H,3-9,16H2,1-2H3,(H,17,20). The van der Waals surface area contributed by atoms with Crippen molar-refractivity contribution < 1.29 is 9.53 Å². The van der Waals surface area contributed by atoms with Gasteiger partial charge in [0.1, 0.15) is 0 Å². The highest BCUT2D eigenvalue weighted by Crippen LogP contribution is 2.19. The van der Waals surface area contributed by atoms with E-state index in [1.165, 1.54) is 0 Å². The van der Waals surface area contributed by atoms with Crippen molar-refractivity contribution in [1.29, 1.82) is 0 Å². The average molecular weight is 294 g/mol. The van der Waals surface area contributed by atoms with E-state index in [0.29, 0.717) is 30.9 Å². The van der Waals surface area contributed by atoms with Crippen LogP contribution in [-0.4, -0.2) is 41.0 Å². The third-order valence-electron chi connectivity index (χ3n) is 3.94. The molecule has 1 saturated carbocycles. The van der Waals surface area contributed by atoms with Crippen LogP contribution in [0.2, 0.25) is 0 Å². The van der Waals surface area contributed by atoms with Crippen molar-refractivity contribution in [1.82, 2.24) is 15.1 Å². The van der Waals surface area contributed by atoms with Gasteiger partial charge in [-0.15, -0.1) is 0 Å². The molecule has 6 nitrogen and oxygen atoms in total. The van der Waals surface area contributed by atoms with Crippen LogP contribution < -0.4 is 11.1 Å². The van der Waals surface area contributed by atoms with Crippen LogP contribution in [0.15, 0.2) is 6.20 Å². The Hall–Kier alpha value is -1.40. The lowest BCUT2D eigenvalue weighted by Gasteiger charge is -2.26. The van der Waals surface area contributed by atoms with Crippen LogP contribution in [0, 0.1) is 0 Å². The van der Waals surface area contributed by atoms with Gasteiger partial charge in [0, 0.05) is 25.8 Å². The molecule has 0 bridgehead atoms. The van der Waals surface area contributed by atoms with Crippen molar-refractivity contribution in [3.8, 4) is 0 Å². The van der Waals surface area contributed by atoms with Gasteiger partial charge in [-0.05, 0) is 32.1 Å². The highest BCUT2D eigenvalue weighted by molar-refractivity contribution is 5.95. The lowest BCUT2D eigenvalue weighted by Crippen LogP contribution is -2.33. The number of amides is 1. The van der Waals surface area contributed by atoms with E-state index in [9.17, 15) is 4.79 Å². The quantitative estimate of drug-likeness (QED) is 0.767. The first kappa shape index (κ1) is 16.0. The second-order valence-corrected chi connectivity index (χ2v) is 5.68. The van der Waals surface area contributed by atoms with Crippen molar-refractivity contribution in [2.24, 2.45) is 12.8 Å². The Bertz CT molecular complexity index is 464. The van der Waals surface area contributed by atoms with E-state index in [0.717, 1.165) is 37.8 Å². The lowest BCUT2D eigenvalue weighted by atomic mass is 9.94. The molecule has 6 heteroatoms. The number of nitrogens with zero attached hydrogens (tertiary/aromatic N) is 2. The van der Waals surface area contributed by atoms with Crippen LogP contribution in [0.3, 0.4) is 0 Å². The molecule has 1 aromatic heterocycles. The second kappa shape index (κ2) is 7.56. The van der Waals surface area contributed by atoms with E-state index < -0.39 is 0 Å². The molecule has 0 saturated heterocycles. The van der Waals surface area contributed by atoms with Gasteiger partial charge >= 0.3 is 0 Å². The predicted octanol–water partition coefficient (Wildman–Crippen LogP) is 0.999. The fourth-order valence-corrected chi connectivity index (χ4v) is 2.73. The molecule has 1 aliphatic carbocycles. The van der Waals surface area contributed by atoms with Gasteiger partial charge in [0.25, 0.3) is 5.91 Å². The van der Waals surface area contributed by atoms with Crippen LogP contribution in [-0.2, 0) is 18.2 Å². The first-order valence-electron chi connectivity index (χ1n) is 7.78. The Labute approximate surface area is 126 Å². The van der Waals surface area contributed by atoms with Crippen LogP contribution in [0.4, 0.5) is 0 Å². The van der Waals surface area contributed by atoms with Crippen molar-refractivity contribution >= 4 is 5.91 Å². The number of rotatable bonds is 6. The maximum atomic E-state index is 12.1. The summed E-state index contributed by atoms with van der Waals surface area (Å²) in [6, 6.07) is 0.336. The maximum absolute atomic E-state index is 12.1. The monoisotopic (exact) mass is 294 g/mol. The van der Waals surface area contributed by atoms with Gasteiger partial charge < -0.3 is 15.8 Å². The zero-order valence-electron chi connectivity index (χ0n) is 13.0. The summed E-state index contributed by atoms with van der Waals surface area (Å²) in [4.78, 5) is 12.1. The average Bonchev–Trinajstić information content (AvgIpc) is 2.86. The molecular weight excluding hydrogens is 268 g/mol. The molecule has 1 fully saturated rings. The van der Waals surface area contributed by atoms with Crippen molar-refractivity contribution in [2.45, 2.75) is 51.2 Å². The Balaban J connectivity index is 1.69. The Morgan fingerprint density at radius 1 is 1.48 bits per heavy atom. The molecule has 0 unspecified atom stereocenters. The fraction of sp³-hybridized carbons (Fsp3) is 0.733. The van der Waals surface area contributed by atoms with E-state index in [1.807, 2.05) is 14.0 Å². The number of nitrogens with two attached hydrogens (primary N) is 1. The van der Waals surface area contributed by atoms with Gasteiger partial charge in [0.05, 0.1) is 24.0 Å². The highest BCUT2D eigenvalue weighted by Gasteiger charge is 2.19. The molecule has 0 atom stereocenters. The summed E-state index contributed by atoms with van der Waals surface area (Å²) in [5, 5.41) is 7.17. The summed E-state index contributed by atoms with van der Waals surface area (Å²) in [7, 11) is 1.83. The molecule has 0 spiro atoms. The van der Waals surface area contributed by atoms with E-state index in [-0.39, 0.29) is 5.91 Å². The van der Waals surface area contributed by atoms with Gasteiger partial charge in [0.2, 0.25) is 0 Å². The Morgan fingerprint density at radius 2 is 2.19 bits per heavy atom. The van der Waals surface area contributed by atoms with Crippen LogP contribution in [0.1, 0.15) is 48.7 Å². The molecule has 2 rings (SSSR count). The van der Waals surface area contributed by atoms with E-state index in [2.05, 4.69) is 10.4 Å². The molecule has 21 heavy (non-hydrogen) atoms. The topological polar surface area (TPSA) is 82.2 Å². The number of carbonyl (C=O) groups is 1. The number of hydrogen-bond acceptors (Lipinski definition) is 4. The summed E-state index contributed by atoms with van der Waals surface area (Å²) in [5.74, 6) is -0.0748. The van der Waals surface area contributed by atoms with Gasteiger partial charge in [0.15, 0.2) is 0 Å². The molecule has 3 N–H and O–H groups in total. The third-order valence-corrected chi connectivity index (χ3v) is 3.94. The Kier molecular flexibility index (Phi) is 5.76. The molecule has 1 heterocycles. The van der Waals surface area contributed by atoms with Gasteiger partial charge in [-0.3, -0.25) is 9.48 Å². The number of aromatic nitrogens is 2. The smallest absolute Gasteiger partial charge is 0.254 e. The first-order valence-corrected chi connectivity index (χ1v) is 7.78. The zero-order valence-corrected chi connectivity index (χ0v) is 13.0. The van der Waals surface area contributed by atoms with Crippen molar-refractivity contribution in [3.05, 3.63) is 17.5 Å². The van der Waals surface area contributed by atoms with Gasteiger partial charge in [-0.2, -0.15) is 5.10 Å². The number of aryl methyl sites for hydroxylation is 2. The van der Waals surface area contributed by atoms with Crippen LogP contribution in [0.5, 0.6) is 0 Å². The molecule has 1 amide bonds. The third kappa shape index (κ3) is 4.54. The Morgan fingerprint density at radius 3 is 2.86 bits per heavy atom. The highest BCUT2D eigenvalue weighted by atomic mass is 16.5. The summed E-state index contributed by atoms with van der Waals surface area (Å²) in [6.07, 6.45) is 6.93. The van der Waals surface area contributed by atoms with E-state index >= 15 is 0 Å². The first-order chi connectivity index (χ1) is 10.1. The number of carbonyl (C=O) groups excluding carboxylic acids is 1. The molecule has 1 aliphatic rings.